The summed E-state index contributed by atoms with van der Waals surface area (Å²) in [6.45, 7) is 7.97. The van der Waals surface area contributed by atoms with Crippen LogP contribution in [0.3, 0.4) is 0 Å². The first-order valence-corrected chi connectivity index (χ1v) is 6.58. The SMILES string of the molecule is CCC(O)C(C)Oc1cccc2c1OC(C)(C)C2. The van der Waals surface area contributed by atoms with Crippen LogP contribution in [-0.4, -0.2) is 22.9 Å². The molecule has 2 unspecified atom stereocenters. The van der Waals surface area contributed by atoms with E-state index in [1.54, 1.807) is 0 Å². The molecule has 0 spiro atoms. The number of hydrogen-bond acceptors (Lipinski definition) is 3. The average molecular weight is 250 g/mol. The molecule has 3 heteroatoms. The Morgan fingerprint density at radius 2 is 2.17 bits per heavy atom. The summed E-state index contributed by atoms with van der Waals surface area (Å²) in [6, 6.07) is 5.95. The van der Waals surface area contributed by atoms with Crippen LogP contribution in [0.1, 0.15) is 39.7 Å². The molecule has 0 fully saturated rings. The number of hydrogen-bond donors (Lipinski definition) is 1. The van der Waals surface area contributed by atoms with Crippen molar-refractivity contribution in [1.29, 1.82) is 0 Å². The van der Waals surface area contributed by atoms with E-state index in [1.807, 2.05) is 26.0 Å². The van der Waals surface area contributed by atoms with Gasteiger partial charge in [0.15, 0.2) is 11.5 Å². The van der Waals surface area contributed by atoms with Crippen molar-refractivity contribution in [2.24, 2.45) is 0 Å². The van der Waals surface area contributed by atoms with Crippen LogP contribution in [0.2, 0.25) is 0 Å². The minimum Gasteiger partial charge on any atom is -0.484 e. The van der Waals surface area contributed by atoms with E-state index in [9.17, 15) is 5.11 Å². The Morgan fingerprint density at radius 1 is 1.44 bits per heavy atom. The number of aliphatic hydroxyl groups is 1. The summed E-state index contributed by atoms with van der Waals surface area (Å²) in [5, 5.41) is 9.77. The zero-order valence-corrected chi connectivity index (χ0v) is 11.6. The van der Waals surface area contributed by atoms with Crippen molar-refractivity contribution in [3.05, 3.63) is 23.8 Å². The second-order valence-electron chi connectivity index (χ2n) is 5.58. The molecule has 1 aliphatic rings. The van der Waals surface area contributed by atoms with E-state index in [0.717, 1.165) is 17.9 Å². The summed E-state index contributed by atoms with van der Waals surface area (Å²) >= 11 is 0. The summed E-state index contributed by atoms with van der Waals surface area (Å²) in [7, 11) is 0. The highest BCUT2D eigenvalue weighted by Crippen LogP contribution is 2.42. The van der Waals surface area contributed by atoms with Crippen molar-refractivity contribution in [2.75, 3.05) is 0 Å². The van der Waals surface area contributed by atoms with Crippen LogP contribution in [0, 0.1) is 0 Å². The van der Waals surface area contributed by atoms with Gasteiger partial charge in [0.1, 0.15) is 11.7 Å². The fourth-order valence-corrected chi connectivity index (χ4v) is 2.29. The molecule has 0 aliphatic carbocycles. The van der Waals surface area contributed by atoms with E-state index in [4.69, 9.17) is 9.47 Å². The fourth-order valence-electron chi connectivity index (χ4n) is 2.29. The van der Waals surface area contributed by atoms with E-state index in [-0.39, 0.29) is 11.7 Å². The quantitative estimate of drug-likeness (QED) is 0.893. The second kappa shape index (κ2) is 4.81. The van der Waals surface area contributed by atoms with Crippen LogP contribution >= 0.6 is 0 Å². The number of fused-ring (bicyclic) bond motifs is 1. The van der Waals surface area contributed by atoms with Crippen molar-refractivity contribution < 1.29 is 14.6 Å². The van der Waals surface area contributed by atoms with E-state index >= 15 is 0 Å². The van der Waals surface area contributed by atoms with Gasteiger partial charge in [-0.05, 0) is 33.3 Å². The minimum atomic E-state index is -0.449. The highest BCUT2D eigenvalue weighted by atomic mass is 16.5. The molecule has 1 aliphatic heterocycles. The van der Waals surface area contributed by atoms with E-state index in [2.05, 4.69) is 19.9 Å². The number of aliphatic hydroxyl groups excluding tert-OH is 1. The van der Waals surface area contributed by atoms with Crippen LogP contribution in [0.25, 0.3) is 0 Å². The molecule has 1 aromatic carbocycles. The molecule has 100 valence electrons. The van der Waals surface area contributed by atoms with E-state index in [1.165, 1.54) is 5.56 Å². The molecule has 0 radical (unpaired) electrons. The van der Waals surface area contributed by atoms with Crippen molar-refractivity contribution >= 4 is 0 Å². The summed E-state index contributed by atoms with van der Waals surface area (Å²) in [6.07, 6.45) is 0.899. The lowest BCUT2D eigenvalue weighted by Gasteiger charge is -2.22. The zero-order chi connectivity index (χ0) is 13.3. The molecular formula is C15H22O3. The second-order valence-corrected chi connectivity index (χ2v) is 5.58. The van der Waals surface area contributed by atoms with Gasteiger partial charge in [0.05, 0.1) is 6.10 Å². The van der Waals surface area contributed by atoms with Crippen molar-refractivity contribution in [2.45, 2.75) is 58.3 Å². The fraction of sp³-hybridized carbons (Fsp3) is 0.600. The lowest BCUT2D eigenvalue weighted by molar-refractivity contribution is 0.0410. The van der Waals surface area contributed by atoms with Gasteiger partial charge in [0, 0.05) is 12.0 Å². The third kappa shape index (κ3) is 2.61. The summed E-state index contributed by atoms with van der Waals surface area (Å²) in [4.78, 5) is 0. The first kappa shape index (κ1) is 13.2. The summed E-state index contributed by atoms with van der Waals surface area (Å²) in [5.74, 6) is 1.57. The van der Waals surface area contributed by atoms with Gasteiger partial charge in [-0.25, -0.2) is 0 Å². The Balaban J connectivity index is 2.19. The molecule has 0 saturated carbocycles. The number of para-hydroxylation sites is 1. The first-order valence-electron chi connectivity index (χ1n) is 6.58. The Hall–Kier alpha value is -1.22. The highest BCUT2D eigenvalue weighted by Gasteiger charge is 2.32. The molecule has 2 atom stereocenters. The molecule has 1 aromatic rings. The lowest BCUT2D eigenvalue weighted by atomic mass is 10.0. The van der Waals surface area contributed by atoms with Crippen molar-refractivity contribution in [3.63, 3.8) is 0 Å². The third-order valence-electron chi connectivity index (χ3n) is 3.33. The summed E-state index contributed by atoms with van der Waals surface area (Å²) < 4.78 is 11.8. The van der Waals surface area contributed by atoms with Crippen LogP contribution in [0.5, 0.6) is 11.5 Å². The Labute approximate surface area is 109 Å². The Morgan fingerprint density at radius 3 is 2.83 bits per heavy atom. The molecule has 0 amide bonds. The maximum absolute atomic E-state index is 9.77. The maximum Gasteiger partial charge on any atom is 0.165 e. The van der Waals surface area contributed by atoms with Gasteiger partial charge in [0.2, 0.25) is 0 Å². The molecule has 0 saturated heterocycles. The zero-order valence-electron chi connectivity index (χ0n) is 11.6. The molecule has 2 rings (SSSR count). The van der Waals surface area contributed by atoms with E-state index in [0.29, 0.717) is 6.42 Å². The number of rotatable bonds is 4. The largest absolute Gasteiger partial charge is 0.484 e. The molecule has 0 aromatic heterocycles. The smallest absolute Gasteiger partial charge is 0.165 e. The van der Waals surface area contributed by atoms with Gasteiger partial charge in [0.25, 0.3) is 0 Å². The molecule has 1 N–H and O–H groups in total. The molecule has 1 heterocycles. The predicted octanol–water partition coefficient (Wildman–Crippen LogP) is 2.94. The van der Waals surface area contributed by atoms with Gasteiger partial charge in [-0.1, -0.05) is 19.1 Å². The monoisotopic (exact) mass is 250 g/mol. The van der Waals surface area contributed by atoms with Gasteiger partial charge in [-0.15, -0.1) is 0 Å². The minimum absolute atomic E-state index is 0.172. The summed E-state index contributed by atoms with van der Waals surface area (Å²) in [5.41, 5.74) is 1.00. The van der Waals surface area contributed by atoms with Crippen molar-refractivity contribution in [1.82, 2.24) is 0 Å². The average Bonchev–Trinajstić information content (AvgIpc) is 2.63. The molecule has 18 heavy (non-hydrogen) atoms. The number of benzene rings is 1. The van der Waals surface area contributed by atoms with Crippen LogP contribution < -0.4 is 9.47 Å². The topological polar surface area (TPSA) is 38.7 Å². The Kier molecular flexibility index (Phi) is 3.53. The lowest BCUT2D eigenvalue weighted by Crippen LogP contribution is -2.28. The maximum atomic E-state index is 9.77. The van der Waals surface area contributed by atoms with Gasteiger partial charge >= 0.3 is 0 Å². The molecule has 3 nitrogen and oxygen atoms in total. The van der Waals surface area contributed by atoms with Gasteiger partial charge in [-0.3, -0.25) is 0 Å². The van der Waals surface area contributed by atoms with Crippen LogP contribution in [0.4, 0.5) is 0 Å². The van der Waals surface area contributed by atoms with Crippen LogP contribution in [-0.2, 0) is 6.42 Å². The predicted molar refractivity (Wildman–Crippen MR) is 71.2 cm³/mol. The third-order valence-corrected chi connectivity index (χ3v) is 3.33. The number of ether oxygens (including phenoxy) is 2. The highest BCUT2D eigenvalue weighted by molar-refractivity contribution is 5.50. The van der Waals surface area contributed by atoms with Crippen LogP contribution in [0.15, 0.2) is 18.2 Å². The van der Waals surface area contributed by atoms with Crippen molar-refractivity contribution in [3.8, 4) is 11.5 Å². The Bertz CT molecular complexity index is 426. The first-order chi connectivity index (χ1) is 8.43. The molecular weight excluding hydrogens is 228 g/mol. The van der Waals surface area contributed by atoms with Gasteiger partial charge < -0.3 is 14.6 Å². The van der Waals surface area contributed by atoms with E-state index < -0.39 is 6.10 Å². The normalized spacial score (nSPS) is 19.8. The van der Waals surface area contributed by atoms with Gasteiger partial charge in [-0.2, -0.15) is 0 Å². The molecule has 0 bridgehead atoms. The standard InChI is InChI=1S/C15H22O3/c1-5-12(16)10(2)17-13-8-6-7-11-9-15(3,4)18-14(11)13/h6-8,10,12,16H,5,9H2,1-4H3.